The zero-order valence-electron chi connectivity index (χ0n) is 11.5. The number of allylic oxidation sites excluding steroid dienone is 5. The molecule has 0 radical (unpaired) electrons. The zero-order chi connectivity index (χ0) is 14.2. The Morgan fingerprint density at radius 1 is 1.20 bits per heavy atom. The fourth-order valence-corrected chi connectivity index (χ4v) is 2.48. The molecule has 2 rings (SSSR count). The van der Waals surface area contributed by atoms with Crippen molar-refractivity contribution in [2.75, 3.05) is 0 Å². The van der Waals surface area contributed by atoms with Crippen LogP contribution >= 0.6 is 0 Å². The van der Waals surface area contributed by atoms with Crippen molar-refractivity contribution in [1.82, 2.24) is 0 Å². The molecule has 3 heteroatoms. The second-order valence-corrected chi connectivity index (χ2v) is 4.76. The van der Waals surface area contributed by atoms with Crippen LogP contribution in [0.4, 0.5) is 0 Å². The highest BCUT2D eigenvalue weighted by Crippen LogP contribution is 2.27. The molecule has 0 aliphatic heterocycles. The van der Waals surface area contributed by atoms with Crippen molar-refractivity contribution >= 4 is 6.21 Å². The van der Waals surface area contributed by atoms with Crippen molar-refractivity contribution in [3.8, 4) is 0 Å². The van der Waals surface area contributed by atoms with E-state index in [2.05, 4.69) is 35.1 Å². The van der Waals surface area contributed by atoms with E-state index in [1.165, 1.54) is 23.1 Å². The molecule has 20 heavy (non-hydrogen) atoms. The molecule has 102 valence electrons. The topological polar surface area (TPSA) is 48.6 Å². The third-order valence-corrected chi connectivity index (χ3v) is 3.52. The average molecular weight is 265 g/mol. The van der Waals surface area contributed by atoms with Crippen LogP contribution in [0, 0.1) is 5.53 Å². The Bertz CT molecular complexity index is 580. The fraction of sp³-hybridized carbons (Fsp3) is 0.235. The van der Waals surface area contributed by atoms with Crippen LogP contribution in [0.3, 0.4) is 0 Å². The molecule has 0 fully saturated rings. The van der Waals surface area contributed by atoms with E-state index in [-0.39, 0.29) is 0 Å². The van der Waals surface area contributed by atoms with Gasteiger partial charge in [0.25, 0.3) is 0 Å². The molecule has 1 N–H and O–H groups in total. The minimum Gasteiger partial charge on any atom is -0.185 e. The molecular weight excluding hydrogens is 246 g/mol. The van der Waals surface area contributed by atoms with E-state index < -0.39 is 0 Å². The van der Waals surface area contributed by atoms with Crippen LogP contribution in [0.5, 0.6) is 0 Å². The summed E-state index contributed by atoms with van der Waals surface area (Å²) in [7, 11) is 0. The number of rotatable bonds is 6. The molecule has 0 unspecified atom stereocenters. The Kier molecular flexibility index (Phi) is 5.18. The van der Waals surface area contributed by atoms with Crippen LogP contribution < -0.4 is 0 Å². The third-order valence-electron chi connectivity index (χ3n) is 3.52. The van der Waals surface area contributed by atoms with Gasteiger partial charge in [-0.05, 0) is 48.0 Å². The summed E-state index contributed by atoms with van der Waals surface area (Å²) >= 11 is 0. The van der Waals surface area contributed by atoms with E-state index in [9.17, 15) is 0 Å². The van der Waals surface area contributed by atoms with Gasteiger partial charge in [0.05, 0.1) is 6.21 Å². The molecule has 0 aromatic heterocycles. The quantitative estimate of drug-likeness (QED) is 0.435. The lowest BCUT2D eigenvalue weighted by molar-refractivity contribution is 0.906. The molecule has 0 amide bonds. The van der Waals surface area contributed by atoms with E-state index in [0.29, 0.717) is 0 Å². The first-order valence-corrected chi connectivity index (χ1v) is 6.84. The van der Waals surface area contributed by atoms with Crippen molar-refractivity contribution in [3.05, 3.63) is 71.3 Å². The van der Waals surface area contributed by atoms with Gasteiger partial charge >= 0.3 is 0 Å². The molecule has 1 aromatic rings. The highest BCUT2D eigenvalue weighted by atomic mass is 15.3. The predicted octanol–water partition coefficient (Wildman–Crippen LogP) is 4.82. The highest BCUT2D eigenvalue weighted by molar-refractivity contribution is 5.81. The summed E-state index contributed by atoms with van der Waals surface area (Å²) in [5.41, 5.74) is 11.7. The molecule has 3 nitrogen and oxygen atoms in total. The maximum Gasteiger partial charge on any atom is 0.0588 e. The lowest BCUT2D eigenvalue weighted by Crippen LogP contribution is -1.90. The van der Waals surface area contributed by atoms with Crippen molar-refractivity contribution in [2.45, 2.75) is 25.7 Å². The molecule has 0 atom stereocenters. The van der Waals surface area contributed by atoms with Crippen molar-refractivity contribution < 1.29 is 0 Å². The number of hydrogen-bond acceptors (Lipinski definition) is 2. The van der Waals surface area contributed by atoms with Crippen LogP contribution in [0.1, 0.15) is 30.4 Å². The summed E-state index contributed by atoms with van der Waals surface area (Å²) < 4.78 is 0. The Labute approximate surface area is 119 Å². The van der Waals surface area contributed by atoms with Crippen LogP contribution in [0.25, 0.3) is 0 Å². The van der Waals surface area contributed by atoms with E-state index in [0.717, 1.165) is 24.8 Å². The van der Waals surface area contributed by atoms with Gasteiger partial charge in [-0.1, -0.05) is 54.3 Å². The Morgan fingerprint density at radius 2 is 2.00 bits per heavy atom. The Balaban J connectivity index is 2.09. The maximum absolute atomic E-state index is 6.71. The normalized spacial score (nSPS) is 15.4. The molecule has 0 heterocycles. The second kappa shape index (κ2) is 7.34. The van der Waals surface area contributed by atoms with Crippen LogP contribution in [-0.4, -0.2) is 6.21 Å². The third kappa shape index (κ3) is 3.60. The highest BCUT2D eigenvalue weighted by Gasteiger charge is 2.08. The monoisotopic (exact) mass is 265 g/mol. The van der Waals surface area contributed by atoms with E-state index in [1.807, 2.05) is 24.3 Å². The lowest BCUT2D eigenvalue weighted by atomic mass is 10.0. The van der Waals surface area contributed by atoms with Crippen LogP contribution in [0.15, 0.2) is 70.5 Å². The number of benzene rings is 1. The van der Waals surface area contributed by atoms with Gasteiger partial charge in [0, 0.05) is 0 Å². The predicted molar refractivity (Wildman–Crippen MR) is 83.1 cm³/mol. The Morgan fingerprint density at radius 3 is 2.80 bits per heavy atom. The number of nitrogens with zero attached hydrogens (tertiary/aromatic N) is 2. The minimum absolute atomic E-state index is 0.855. The van der Waals surface area contributed by atoms with Gasteiger partial charge in [-0.15, -0.1) is 5.10 Å². The van der Waals surface area contributed by atoms with Crippen molar-refractivity contribution in [1.29, 1.82) is 5.53 Å². The maximum atomic E-state index is 6.71. The van der Waals surface area contributed by atoms with Gasteiger partial charge in [-0.3, -0.25) is 0 Å². The first-order valence-electron chi connectivity index (χ1n) is 6.84. The van der Waals surface area contributed by atoms with Crippen molar-refractivity contribution in [2.24, 2.45) is 10.3 Å². The Hall–Kier alpha value is -2.29. The second-order valence-electron chi connectivity index (χ2n) is 4.76. The largest absolute Gasteiger partial charge is 0.185 e. The standard InChI is InChI=1S/C17H19N3/c1-2-14-9-5-10-15(14)11-6-12-16-7-3-4-8-17(16)13-19-20-18/h2-4,6-8,11,13,18H,1,5,9-10,12H2/b11-6-,19-13+,20-18?. The SMILES string of the molecule is C=CC1=C(/C=C\Cc2ccccc2/C=N/N=N)CCC1. The molecule has 0 spiro atoms. The van der Waals surface area contributed by atoms with Gasteiger partial charge < -0.3 is 0 Å². The molecular formula is C17H19N3. The molecule has 1 aliphatic rings. The van der Waals surface area contributed by atoms with E-state index in [4.69, 9.17) is 5.53 Å². The first kappa shape index (κ1) is 14.1. The average Bonchev–Trinajstić information content (AvgIpc) is 2.94. The van der Waals surface area contributed by atoms with E-state index in [1.54, 1.807) is 6.21 Å². The molecule has 0 saturated heterocycles. The number of nitrogens with one attached hydrogen (secondary N) is 1. The first-order chi connectivity index (χ1) is 9.85. The summed E-state index contributed by atoms with van der Waals surface area (Å²) in [6.07, 6.45) is 12.4. The lowest BCUT2D eigenvalue weighted by Gasteiger charge is -2.02. The van der Waals surface area contributed by atoms with Gasteiger partial charge in [-0.2, -0.15) is 5.53 Å². The van der Waals surface area contributed by atoms with Crippen molar-refractivity contribution in [3.63, 3.8) is 0 Å². The molecule has 0 bridgehead atoms. The summed E-state index contributed by atoms with van der Waals surface area (Å²) in [5.74, 6) is 0. The van der Waals surface area contributed by atoms with Gasteiger partial charge in [0.1, 0.15) is 0 Å². The molecule has 1 aromatic carbocycles. The summed E-state index contributed by atoms with van der Waals surface area (Å²) in [6.45, 7) is 3.87. The molecule has 1 aliphatic carbocycles. The van der Waals surface area contributed by atoms with Crippen LogP contribution in [-0.2, 0) is 6.42 Å². The summed E-state index contributed by atoms with van der Waals surface area (Å²) in [4.78, 5) is 0. The summed E-state index contributed by atoms with van der Waals surface area (Å²) in [5, 5.41) is 6.65. The number of hydrogen-bond donors (Lipinski definition) is 1. The van der Waals surface area contributed by atoms with Gasteiger partial charge in [-0.25, -0.2) is 0 Å². The van der Waals surface area contributed by atoms with Crippen LogP contribution in [0.2, 0.25) is 0 Å². The minimum atomic E-state index is 0.855. The smallest absolute Gasteiger partial charge is 0.0588 e. The fourth-order valence-electron chi connectivity index (χ4n) is 2.48. The van der Waals surface area contributed by atoms with E-state index >= 15 is 0 Å². The summed E-state index contributed by atoms with van der Waals surface area (Å²) in [6, 6.07) is 8.05. The van der Waals surface area contributed by atoms with Gasteiger partial charge in [0.15, 0.2) is 0 Å². The molecule has 0 saturated carbocycles. The zero-order valence-corrected chi connectivity index (χ0v) is 11.5. The van der Waals surface area contributed by atoms with Gasteiger partial charge in [0.2, 0.25) is 0 Å².